The Bertz CT molecular complexity index is 1050. The van der Waals surface area contributed by atoms with Gasteiger partial charge in [0.05, 0.1) is 5.57 Å². The average Bonchev–Trinajstić information content (AvgIpc) is 3.14. The molecule has 1 N–H and O–H groups in total. The molecule has 0 bridgehead atoms. The van der Waals surface area contributed by atoms with Gasteiger partial charge in [0, 0.05) is 30.2 Å². The van der Waals surface area contributed by atoms with Crippen LogP contribution < -0.4 is 19.5 Å². The van der Waals surface area contributed by atoms with E-state index in [2.05, 4.69) is 5.32 Å². The number of carbonyl (C=O) groups excluding carboxylic acids is 2. The Labute approximate surface area is 179 Å². The molecule has 31 heavy (non-hydrogen) atoms. The molecule has 2 aliphatic heterocycles. The first-order valence-corrected chi connectivity index (χ1v) is 10.5. The van der Waals surface area contributed by atoms with E-state index in [0.717, 1.165) is 37.0 Å². The molecule has 1 saturated carbocycles. The van der Waals surface area contributed by atoms with Crippen LogP contribution in [-0.2, 0) is 14.3 Å². The molecule has 2 heterocycles. The Hall–Kier alpha value is -3.48. The summed E-state index contributed by atoms with van der Waals surface area (Å²) >= 11 is 0. The second-order valence-electron chi connectivity index (χ2n) is 7.96. The molecule has 0 saturated heterocycles. The molecule has 2 aromatic rings. The van der Waals surface area contributed by atoms with Gasteiger partial charge in [-0.25, -0.2) is 4.79 Å². The number of nitrogens with one attached hydrogen (secondary N) is 1. The molecule has 1 spiro atoms. The zero-order chi connectivity index (χ0) is 21.3. The van der Waals surface area contributed by atoms with E-state index in [1.54, 1.807) is 24.3 Å². The molecule has 160 valence electrons. The summed E-state index contributed by atoms with van der Waals surface area (Å²) in [5, 5.41) is 2.73. The van der Waals surface area contributed by atoms with Crippen molar-refractivity contribution in [3.05, 3.63) is 53.6 Å². The van der Waals surface area contributed by atoms with E-state index in [1.165, 1.54) is 6.42 Å². The number of amides is 1. The van der Waals surface area contributed by atoms with Crippen molar-refractivity contribution in [2.24, 2.45) is 0 Å². The lowest BCUT2D eigenvalue weighted by Crippen LogP contribution is -2.40. The second-order valence-corrected chi connectivity index (χ2v) is 7.96. The number of ether oxygens (including phenoxy) is 4. The van der Waals surface area contributed by atoms with Gasteiger partial charge in [-0.05, 0) is 37.1 Å². The van der Waals surface area contributed by atoms with E-state index in [4.69, 9.17) is 18.9 Å². The Morgan fingerprint density at radius 1 is 0.968 bits per heavy atom. The van der Waals surface area contributed by atoms with Gasteiger partial charge in [0.25, 0.3) is 11.7 Å². The van der Waals surface area contributed by atoms with E-state index < -0.39 is 24.3 Å². The van der Waals surface area contributed by atoms with Crippen LogP contribution in [0.5, 0.6) is 17.2 Å². The van der Waals surface area contributed by atoms with Gasteiger partial charge >= 0.3 is 5.97 Å². The van der Waals surface area contributed by atoms with E-state index in [1.807, 2.05) is 24.3 Å². The van der Waals surface area contributed by atoms with Crippen LogP contribution in [0, 0.1) is 0 Å². The van der Waals surface area contributed by atoms with E-state index in [0.29, 0.717) is 22.8 Å². The number of carbonyl (C=O) groups is 2. The molecule has 0 atom stereocenters. The molecule has 1 amide bonds. The van der Waals surface area contributed by atoms with Gasteiger partial charge < -0.3 is 24.3 Å². The van der Waals surface area contributed by atoms with Crippen LogP contribution in [0.1, 0.15) is 37.7 Å². The van der Waals surface area contributed by atoms with E-state index >= 15 is 0 Å². The summed E-state index contributed by atoms with van der Waals surface area (Å²) in [6.07, 6.45) is 6.80. The standard InChI is InChI=1S/C24H23NO6/c26-22(15-29-23(27)17-12-16-6-2-3-7-19(16)28-14-17)25-18-8-9-20-21(13-18)31-24(30-20)10-4-1-5-11-24/h2-3,6-9,12-13H,1,4-5,10-11,14-15H2,(H,25,26). The summed E-state index contributed by atoms with van der Waals surface area (Å²) in [6, 6.07) is 12.7. The van der Waals surface area contributed by atoms with Crippen molar-refractivity contribution in [3.8, 4) is 17.2 Å². The minimum Gasteiger partial charge on any atom is -0.488 e. The maximum absolute atomic E-state index is 12.3. The molecule has 1 fully saturated rings. The smallest absolute Gasteiger partial charge is 0.338 e. The van der Waals surface area contributed by atoms with Gasteiger partial charge in [-0.3, -0.25) is 4.79 Å². The van der Waals surface area contributed by atoms with Crippen molar-refractivity contribution in [1.82, 2.24) is 0 Å². The molecule has 3 aliphatic rings. The number of hydrogen-bond donors (Lipinski definition) is 1. The fraction of sp³-hybridized carbons (Fsp3) is 0.333. The number of benzene rings is 2. The van der Waals surface area contributed by atoms with Crippen molar-refractivity contribution >= 4 is 23.6 Å². The molecule has 0 aromatic heterocycles. The molecule has 1 aliphatic carbocycles. The number of hydrogen-bond acceptors (Lipinski definition) is 6. The van der Waals surface area contributed by atoms with Crippen molar-refractivity contribution in [3.63, 3.8) is 0 Å². The Kier molecular flexibility index (Phi) is 5.02. The highest BCUT2D eigenvalue weighted by atomic mass is 16.7. The summed E-state index contributed by atoms with van der Waals surface area (Å²) in [6.45, 7) is -0.280. The van der Waals surface area contributed by atoms with E-state index in [-0.39, 0.29) is 6.61 Å². The molecule has 7 heteroatoms. The summed E-state index contributed by atoms with van der Waals surface area (Å²) in [5.41, 5.74) is 1.74. The van der Waals surface area contributed by atoms with Crippen molar-refractivity contribution < 1.29 is 28.5 Å². The average molecular weight is 421 g/mol. The predicted molar refractivity (Wildman–Crippen MR) is 113 cm³/mol. The lowest BCUT2D eigenvalue weighted by atomic mass is 9.94. The van der Waals surface area contributed by atoms with Crippen LogP contribution in [0.25, 0.3) is 6.08 Å². The third-order valence-electron chi connectivity index (χ3n) is 5.66. The lowest BCUT2D eigenvalue weighted by molar-refractivity contribution is -0.143. The normalized spacial score (nSPS) is 17.9. The summed E-state index contributed by atoms with van der Waals surface area (Å²) in [5.74, 6) is 0.463. The van der Waals surface area contributed by atoms with Crippen LogP contribution in [0.3, 0.4) is 0 Å². The minimum absolute atomic E-state index is 0.112. The highest BCUT2D eigenvalue weighted by Crippen LogP contribution is 2.46. The van der Waals surface area contributed by atoms with E-state index in [9.17, 15) is 9.59 Å². The highest BCUT2D eigenvalue weighted by Gasteiger charge is 2.42. The van der Waals surface area contributed by atoms with Gasteiger partial charge in [-0.2, -0.15) is 0 Å². The molecule has 0 unspecified atom stereocenters. The first kappa shape index (κ1) is 19.5. The predicted octanol–water partition coefficient (Wildman–Crippen LogP) is 4.08. The van der Waals surface area contributed by atoms with Gasteiger partial charge in [0.15, 0.2) is 18.1 Å². The summed E-state index contributed by atoms with van der Waals surface area (Å²) in [7, 11) is 0. The Balaban J connectivity index is 1.16. The largest absolute Gasteiger partial charge is 0.488 e. The first-order chi connectivity index (χ1) is 15.1. The monoisotopic (exact) mass is 421 g/mol. The Morgan fingerprint density at radius 2 is 1.77 bits per heavy atom. The Morgan fingerprint density at radius 3 is 2.65 bits per heavy atom. The third-order valence-corrected chi connectivity index (χ3v) is 5.66. The minimum atomic E-state index is -0.574. The fourth-order valence-electron chi connectivity index (χ4n) is 4.12. The lowest BCUT2D eigenvalue weighted by Gasteiger charge is -2.31. The maximum Gasteiger partial charge on any atom is 0.338 e. The topological polar surface area (TPSA) is 83.1 Å². The van der Waals surface area contributed by atoms with Crippen molar-refractivity contribution in [2.45, 2.75) is 37.9 Å². The molecular formula is C24H23NO6. The fourth-order valence-corrected chi connectivity index (χ4v) is 4.12. The van der Waals surface area contributed by atoms with Crippen LogP contribution in [0.2, 0.25) is 0 Å². The molecule has 0 radical (unpaired) electrons. The maximum atomic E-state index is 12.3. The van der Waals surface area contributed by atoms with Gasteiger partial charge in [0.1, 0.15) is 12.4 Å². The first-order valence-electron chi connectivity index (χ1n) is 10.5. The number of fused-ring (bicyclic) bond motifs is 2. The van der Waals surface area contributed by atoms with Crippen LogP contribution in [0.4, 0.5) is 5.69 Å². The molecule has 5 rings (SSSR count). The SMILES string of the molecule is O=C(COC(=O)C1=Cc2ccccc2OC1)Nc1ccc2c(c1)OC1(CCCCC1)O2. The summed E-state index contributed by atoms with van der Waals surface area (Å²) < 4.78 is 22.8. The number of para-hydroxylation sites is 1. The van der Waals surface area contributed by atoms with Crippen LogP contribution in [-0.4, -0.2) is 30.9 Å². The quantitative estimate of drug-likeness (QED) is 0.749. The van der Waals surface area contributed by atoms with Crippen LogP contribution >= 0.6 is 0 Å². The number of esters is 1. The zero-order valence-corrected chi connectivity index (χ0v) is 17.0. The van der Waals surface area contributed by atoms with Gasteiger partial charge in [-0.15, -0.1) is 0 Å². The number of anilines is 1. The zero-order valence-electron chi connectivity index (χ0n) is 17.0. The third kappa shape index (κ3) is 4.08. The van der Waals surface area contributed by atoms with Gasteiger partial charge in [0.2, 0.25) is 0 Å². The molecular weight excluding hydrogens is 398 g/mol. The highest BCUT2D eigenvalue weighted by molar-refractivity contribution is 5.98. The van der Waals surface area contributed by atoms with Gasteiger partial charge in [-0.1, -0.05) is 24.6 Å². The summed E-state index contributed by atoms with van der Waals surface area (Å²) in [4.78, 5) is 24.6. The van der Waals surface area contributed by atoms with Crippen molar-refractivity contribution in [2.75, 3.05) is 18.5 Å². The van der Waals surface area contributed by atoms with Crippen molar-refractivity contribution in [1.29, 1.82) is 0 Å². The molecule has 7 nitrogen and oxygen atoms in total. The van der Waals surface area contributed by atoms with Crippen LogP contribution in [0.15, 0.2) is 48.0 Å². The molecule has 2 aromatic carbocycles. The number of rotatable bonds is 4. The second kappa shape index (κ2) is 7.98.